The third kappa shape index (κ3) is 3.70. The maximum atomic E-state index is 5.72. The molecule has 0 bridgehead atoms. The van der Waals surface area contributed by atoms with E-state index in [9.17, 15) is 0 Å². The molecule has 0 spiro atoms. The van der Waals surface area contributed by atoms with Gasteiger partial charge in [0.2, 0.25) is 0 Å². The average molecular weight is 202 g/mol. The van der Waals surface area contributed by atoms with Crippen LogP contribution in [0.5, 0.6) is 0 Å². The number of nitrogens with one attached hydrogen (secondary N) is 1. The van der Waals surface area contributed by atoms with Gasteiger partial charge in [0, 0.05) is 17.6 Å². The van der Waals surface area contributed by atoms with Gasteiger partial charge < -0.3 is 5.32 Å². The molecular weight excluding hydrogens is 182 g/mol. The van der Waals surface area contributed by atoms with Crippen LogP contribution in [0.25, 0.3) is 0 Å². The fourth-order valence-electron chi connectivity index (χ4n) is 2.06. The molecule has 0 saturated heterocycles. The van der Waals surface area contributed by atoms with E-state index in [-0.39, 0.29) is 0 Å². The maximum Gasteiger partial charge on any atom is 0.0310 e. The third-order valence-corrected chi connectivity index (χ3v) is 3.15. The van der Waals surface area contributed by atoms with Crippen molar-refractivity contribution in [1.82, 2.24) is 5.32 Å². The Labute approximate surface area is 86.5 Å². The van der Waals surface area contributed by atoms with Gasteiger partial charge in [-0.25, -0.2) is 0 Å². The highest BCUT2D eigenvalue weighted by molar-refractivity contribution is 6.29. The lowest BCUT2D eigenvalue weighted by atomic mass is 9.80. The predicted octanol–water partition coefficient (Wildman–Crippen LogP) is 3.15. The maximum absolute atomic E-state index is 5.72. The highest BCUT2D eigenvalue weighted by atomic mass is 35.5. The van der Waals surface area contributed by atoms with Crippen LogP contribution in [0.1, 0.15) is 33.1 Å². The van der Waals surface area contributed by atoms with Crippen LogP contribution in [-0.2, 0) is 0 Å². The SMILES string of the molecule is C=C(Cl)CNC1CC(C)CCC1C. The van der Waals surface area contributed by atoms with Gasteiger partial charge >= 0.3 is 0 Å². The van der Waals surface area contributed by atoms with Crippen molar-refractivity contribution >= 4 is 11.6 Å². The summed E-state index contributed by atoms with van der Waals surface area (Å²) < 4.78 is 0. The minimum atomic E-state index is 0.638. The quantitative estimate of drug-likeness (QED) is 0.740. The number of halogens is 1. The second-order valence-electron chi connectivity index (χ2n) is 4.40. The van der Waals surface area contributed by atoms with Crippen LogP contribution in [0, 0.1) is 11.8 Å². The van der Waals surface area contributed by atoms with E-state index in [1.807, 2.05) is 0 Å². The molecule has 76 valence electrons. The Morgan fingerprint density at radius 2 is 2.15 bits per heavy atom. The lowest BCUT2D eigenvalue weighted by molar-refractivity contribution is 0.233. The summed E-state index contributed by atoms with van der Waals surface area (Å²) in [7, 11) is 0. The molecule has 1 N–H and O–H groups in total. The van der Waals surface area contributed by atoms with Crippen LogP contribution in [0.4, 0.5) is 0 Å². The van der Waals surface area contributed by atoms with Crippen LogP contribution >= 0.6 is 11.6 Å². The van der Waals surface area contributed by atoms with Gasteiger partial charge in [-0.05, 0) is 24.7 Å². The van der Waals surface area contributed by atoms with E-state index in [4.69, 9.17) is 11.6 Å². The van der Waals surface area contributed by atoms with Crippen molar-refractivity contribution in [3.63, 3.8) is 0 Å². The van der Waals surface area contributed by atoms with Gasteiger partial charge in [0.25, 0.3) is 0 Å². The Balaban J connectivity index is 2.33. The summed E-state index contributed by atoms with van der Waals surface area (Å²) in [6, 6.07) is 0.638. The molecule has 3 atom stereocenters. The molecule has 0 aromatic rings. The molecule has 1 aliphatic carbocycles. The topological polar surface area (TPSA) is 12.0 Å². The van der Waals surface area contributed by atoms with Crippen LogP contribution < -0.4 is 5.32 Å². The molecule has 2 heteroatoms. The normalized spacial score (nSPS) is 34.5. The smallest absolute Gasteiger partial charge is 0.0310 e. The molecule has 1 fully saturated rings. The first-order valence-electron chi connectivity index (χ1n) is 5.16. The third-order valence-electron chi connectivity index (χ3n) is 3.01. The first-order valence-corrected chi connectivity index (χ1v) is 5.54. The molecule has 1 rings (SSSR count). The molecule has 1 aliphatic rings. The van der Waals surface area contributed by atoms with Gasteiger partial charge in [-0.2, -0.15) is 0 Å². The van der Waals surface area contributed by atoms with Crippen molar-refractivity contribution in [2.24, 2.45) is 11.8 Å². The largest absolute Gasteiger partial charge is 0.309 e. The summed E-state index contributed by atoms with van der Waals surface area (Å²) in [5.41, 5.74) is 0. The van der Waals surface area contributed by atoms with Gasteiger partial charge in [0.1, 0.15) is 0 Å². The van der Waals surface area contributed by atoms with Gasteiger partial charge in [-0.15, -0.1) is 0 Å². The molecular formula is C11H20ClN. The molecule has 0 amide bonds. The number of rotatable bonds is 3. The number of hydrogen-bond donors (Lipinski definition) is 1. The Bertz CT molecular complexity index is 179. The van der Waals surface area contributed by atoms with Crippen molar-refractivity contribution in [3.05, 3.63) is 11.6 Å². The first-order chi connectivity index (χ1) is 6.09. The molecule has 0 radical (unpaired) electrons. The molecule has 0 aromatic carbocycles. The van der Waals surface area contributed by atoms with Crippen LogP contribution in [0.2, 0.25) is 0 Å². The Hall–Kier alpha value is -0.0100. The Morgan fingerprint density at radius 3 is 2.77 bits per heavy atom. The second-order valence-corrected chi connectivity index (χ2v) is 4.93. The van der Waals surface area contributed by atoms with Crippen LogP contribution in [-0.4, -0.2) is 12.6 Å². The zero-order chi connectivity index (χ0) is 9.84. The van der Waals surface area contributed by atoms with Crippen molar-refractivity contribution in [3.8, 4) is 0 Å². The minimum Gasteiger partial charge on any atom is -0.309 e. The zero-order valence-corrected chi connectivity index (χ0v) is 9.40. The standard InChI is InChI=1S/C11H20ClN/c1-8-4-5-9(2)11(6-8)13-7-10(3)12/h8-9,11,13H,3-7H2,1-2H3. The summed E-state index contributed by atoms with van der Waals surface area (Å²) in [4.78, 5) is 0. The Morgan fingerprint density at radius 1 is 1.46 bits per heavy atom. The molecule has 0 aliphatic heterocycles. The van der Waals surface area contributed by atoms with Crippen molar-refractivity contribution in [2.45, 2.75) is 39.2 Å². The van der Waals surface area contributed by atoms with Gasteiger partial charge in [0.15, 0.2) is 0 Å². The molecule has 1 saturated carbocycles. The molecule has 0 heterocycles. The average Bonchev–Trinajstić information content (AvgIpc) is 2.06. The summed E-state index contributed by atoms with van der Waals surface area (Å²) in [6.45, 7) is 9.09. The summed E-state index contributed by atoms with van der Waals surface area (Å²) in [5, 5.41) is 4.18. The van der Waals surface area contributed by atoms with E-state index in [1.54, 1.807) is 0 Å². The second kappa shape index (κ2) is 5.02. The molecule has 13 heavy (non-hydrogen) atoms. The lowest BCUT2D eigenvalue weighted by Crippen LogP contribution is -2.39. The minimum absolute atomic E-state index is 0.638. The fraction of sp³-hybridized carbons (Fsp3) is 0.818. The molecule has 1 nitrogen and oxygen atoms in total. The van der Waals surface area contributed by atoms with Crippen molar-refractivity contribution in [2.75, 3.05) is 6.54 Å². The number of hydrogen-bond acceptors (Lipinski definition) is 1. The van der Waals surface area contributed by atoms with Gasteiger partial charge in [-0.3, -0.25) is 0 Å². The monoisotopic (exact) mass is 201 g/mol. The molecule has 3 unspecified atom stereocenters. The van der Waals surface area contributed by atoms with E-state index >= 15 is 0 Å². The lowest BCUT2D eigenvalue weighted by Gasteiger charge is -2.33. The van der Waals surface area contributed by atoms with Crippen molar-refractivity contribution < 1.29 is 0 Å². The van der Waals surface area contributed by atoms with Gasteiger partial charge in [-0.1, -0.05) is 38.4 Å². The summed E-state index contributed by atoms with van der Waals surface area (Å²) >= 11 is 5.72. The van der Waals surface area contributed by atoms with Crippen LogP contribution in [0.3, 0.4) is 0 Å². The predicted molar refractivity (Wildman–Crippen MR) is 59.0 cm³/mol. The Kier molecular flexibility index (Phi) is 4.27. The van der Waals surface area contributed by atoms with E-state index in [1.165, 1.54) is 19.3 Å². The highest BCUT2D eigenvalue weighted by Crippen LogP contribution is 2.28. The van der Waals surface area contributed by atoms with E-state index in [0.717, 1.165) is 18.4 Å². The molecule has 0 aromatic heterocycles. The first kappa shape index (κ1) is 11.1. The van der Waals surface area contributed by atoms with E-state index in [2.05, 4.69) is 25.7 Å². The highest BCUT2D eigenvalue weighted by Gasteiger charge is 2.24. The van der Waals surface area contributed by atoms with Crippen LogP contribution in [0.15, 0.2) is 11.6 Å². The summed E-state index contributed by atoms with van der Waals surface area (Å²) in [6.07, 6.45) is 4.00. The van der Waals surface area contributed by atoms with E-state index < -0.39 is 0 Å². The van der Waals surface area contributed by atoms with Crippen molar-refractivity contribution in [1.29, 1.82) is 0 Å². The summed E-state index contributed by atoms with van der Waals surface area (Å²) in [5.74, 6) is 1.64. The fourth-order valence-corrected chi connectivity index (χ4v) is 2.14. The zero-order valence-electron chi connectivity index (χ0n) is 8.65. The van der Waals surface area contributed by atoms with E-state index in [0.29, 0.717) is 11.1 Å². The van der Waals surface area contributed by atoms with Gasteiger partial charge in [0.05, 0.1) is 0 Å².